The summed E-state index contributed by atoms with van der Waals surface area (Å²) in [7, 11) is 1.57. The average Bonchev–Trinajstić information content (AvgIpc) is 2.34. The third-order valence-corrected chi connectivity index (χ3v) is 2.55. The molecule has 1 aromatic rings. The lowest BCUT2D eigenvalue weighted by Crippen LogP contribution is -2.24. The highest BCUT2D eigenvalue weighted by molar-refractivity contribution is 7.78. The molecule has 17 heavy (non-hydrogen) atoms. The van der Waals surface area contributed by atoms with E-state index < -0.39 is 6.04 Å². The standard InChI is InChI=1S/C13H15NO2S/c1-9(2)12(14-8-17)13(15)10-5-4-6-11(7-10)16-3/h4-7,9,12H,1-3H3. The highest BCUT2D eigenvalue weighted by Gasteiger charge is 2.22. The summed E-state index contributed by atoms with van der Waals surface area (Å²) in [5.41, 5.74) is 0.581. The number of aliphatic imine (C=N–C) groups is 1. The first kappa shape index (κ1) is 13.6. The van der Waals surface area contributed by atoms with Gasteiger partial charge in [-0.1, -0.05) is 26.0 Å². The molecule has 3 nitrogen and oxygen atoms in total. The number of carbonyl (C=O) groups is 1. The minimum atomic E-state index is -0.473. The summed E-state index contributed by atoms with van der Waals surface area (Å²) in [4.78, 5) is 16.1. The van der Waals surface area contributed by atoms with E-state index in [-0.39, 0.29) is 11.7 Å². The second-order valence-electron chi connectivity index (χ2n) is 4.01. The third-order valence-electron chi connectivity index (χ3n) is 2.45. The predicted octanol–water partition coefficient (Wildman–Crippen LogP) is 3.01. The smallest absolute Gasteiger partial charge is 0.188 e. The molecule has 1 unspecified atom stereocenters. The molecule has 0 aromatic heterocycles. The summed E-state index contributed by atoms with van der Waals surface area (Å²) < 4.78 is 5.09. The third kappa shape index (κ3) is 3.48. The number of hydrogen-bond acceptors (Lipinski definition) is 4. The van der Waals surface area contributed by atoms with Crippen LogP contribution in [0.3, 0.4) is 0 Å². The molecule has 1 atom stereocenters. The number of hydrogen-bond donors (Lipinski definition) is 0. The van der Waals surface area contributed by atoms with Crippen LogP contribution in [0.15, 0.2) is 29.3 Å². The molecule has 1 aromatic carbocycles. The molecule has 0 N–H and O–H groups in total. The summed E-state index contributed by atoms with van der Waals surface area (Å²) in [6.07, 6.45) is 0. The van der Waals surface area contributed by atoms with Gasteiger partial charge in [-0.25, -0.2) is 4.99 Å². The monoisotopic (exact) mass is 249 g/mol. The lowest BCUT2D eigenvalue weighted by Gasteiger charge is -2.14. The van der Waals surface area contributed by atoms with Crippen LogP contribution in [0.1, 0.15) is 24.2 Å². The maximum atomic E-state index is 12.2. The van der Waals surface area contributed by atoms with E-state index in [2.05, 4.69) is 22.4 Å². The molecule has 0 fully saturated rings. The fourth-order valence-electron chi connectivity index (χ4n) is 1.51. The maximum absolute atomic E-state index is 12.2. The van der Waals surface area contributed by atoms with Gasteiger partial charge in [-0.3, -0.25) is 4.79 Å². The first-order valence-electron chi connectivity index (χ1n) is 5.35. The normalized spacial score (nSPS) is 11.8. The van der Waals surface area contributed by atoms with Gasteiger partial charge in [-0.15, -0.1) is 0 Å². The number of ether oxygens (including phenoxy) is 1. The topological polar surface area (TPSA) is 38.7 Å². The maximum Gasteiger partial charge on any atom is 0.188 e. The number of rotatable bonds is 5. The summed E-state index contributed by atoms with van der Waals surface area (Å²) in [5.74, 6) is 0.685. The number of Topliss-reactive ketones (excluding diaryl/α,β-unsaturated/α-hetero) is 1. The quantitative estimate of drug-likeness (QED) is 0.457. The molecule has 0 saturated heterocycles. The van der Waals surface area contributed by atoms with Crippen molar-refractivity contribution in [1.82, 2.24) is 0 Å². The number of nitrogens with zero attached hydrogens (tertiary/aromatic N) is 1. The summed E-state index contributed by atoms with van der Waals surface area (Å²) >= 11 is 4.57. The van der Waals surface area contributed by atoms with Gasteiger partial charge in [0, 0.05) is 5.56 Å². The van der Waals surface area contributed by atoms with Crippen LogP contribution >= 0.6 is 12.2 Å². The van der Waals surface area contributed by atoms with E-state index in [4.69, 9.17) is 4.74 Å². The second-order valence-corrected chi connectivity index (χ2v) is 4.19. The average molecular weight is 249 g/mol. The predicted molar refractivity (Wildman–Crippen MR) is 71.0 cm³/mol. The van der Waals surface area contributed by atoms with E-state index >= 15 is 0 Å². The van der Waals surface area contributed by atoms with Crippen LogP contribution in [0, 0.1) is 5.92 Å². The van der Waals surface area contributed by atoms with Crippen LogP contribution < -0.4 is 4.74 Å². The van der Waals surface area contributed by atoms with Gasteiger partial charge in [0.2, 0.25) is 0 Å². The SMILES string of the molecule is COc1cccc(C(=O)C(N=C=S)C(C)C)c1. The van der Waals surface area contributed by atoms with Gasteiger partial charge in [0.15, 0.2) is 5.78 Å². The fourth-order valence-corrected chi connectivity index (χ4v) is 1.63. The molecule has 0 radical (unpaired) electrons. The number of benzene rings is 1. The Kier molecular flexibility index (Phi) is 5.01. The van der Waals surface area contributed by atoms with Gasteiger partial charge in [-0.05, 0) is 30.3 Å². The van der Waals surface area contributed by atoms with Crippen molar-refractivity contribution in [1.29, 1.82) is 0 Å². The van der Waals surface area contributed by atoms with Gasteiger partial charge in [0.1, 0.15) is 11.8 Å². The van der Waals surface area contributed by atoms with E-state index in [0.717, 1.165) is 0 Å². The van der Waals surface area contributed by atoms with Gasteiger partial charge < -0.3 is 4.74 Å². The Labute approximate surface area is 107 Å². The Morgan fingerprint density at radius 3 is 2.71 bits per heavy atom. The van der Waals surface area contributed by atoms with Crippen molar-refractivity contribution in [2.24, 2.45) is 10.9 Å². The van der Waals surface area contributed by atoms with Gasteiger partial charge in [0.25, 0.3) is 0 Å². The molecular weight excluding hydrogens is 234 g/mol. The van der Waals surface area contributed by atoms with Crippen molar-refractivity contribution in [3.63, 3.8) is 0 Å². The number of carbonyl (C=O) groups excluding carboxylic acids is 1. The van der Waals surface area contributed by atoms with E-state index in [1.807, 2.05) is 13.8 Å². The van der Waals surface area contributed by atoms with Crippen molar-refractivity contribution in [2.45, 2.75) is 19.9 Å². The molecule has 0 saturated carbocycles. The second kappa shape index (κ2) is 6.28. The van der Waals surface area contributed by atoms with Crippen molar-refractivity contribution >= 4 is 23.2 Å². The molecule has 90 valence electrons. The summed E-state index contributed by atoms with van der Waals surface area (Å²) in [6, 6.07) is 6.56. The molecular formula is C13H15NO2S. The minimum absolute atomic E-state index is 0.0590. The molecule has 0 amide bonds. The van der Waals surface area contributed by atoms with E-state index in [0.29, 0.717) is 11.3 Å². The van der Waals surface area contributed by atoms with Crippen LogP contribution in [0.25, 0.3) is 0 Å². The van der Waals surface area contributed by atoms with E-state index in [1.165, 1.54) is 0 Å². The zero-order valence-electron chi connectivity index (χ0n) is 10.1. The molecule has 0 heterocycles. The minimum Gasteiger partial charge on any atom is -0.497 e. The Bertz CT molecular complexity index is 450. The first-order chi connectivity index (χ1) is 8.10. The van der Waals surface area contributed by atoms with Crippen molar-refractivity contribution < 1.29 is 9.53 Å². The van der Waals surface area contributed by atoms with E-state index in [1.54, 1.807) is 31.4 Å². The lowest BCUT2D eigenvalue weighted by atomic mass is 9.95. The number of ketones is 1. The van der Waals surface area contributed by atoms with Crippen molar-refractivity contribution in [2.75, 3.05) is 7.11 Å². The number of thiocarbonyl (C=S) groups is 1. The zero-order chi connectivity index (χ0) is 12.8. The molecule has 0 aliphatic carbocycles. The van der Waals surface area contributed by atoms with Gasteiger partial charge in [-0.2, -0.15) is 0 Å². The Morgan fingerprint density at radius 2 is 2.18 bits per heavy atom. The molecule has 1 rings (SSSR count). The largest absolute Gasteiger partial charge is 0.497 e. The number of isothiocyanates is 1. The van der Waals surface area contributed by atoms with Gasteiger partial charge in [0.05, 0.1) is 12.3 Å². The lowest BCUT2D eigenvalue weighted by molar-refractivity contribution is 0.0942. The Morgan fingerprint density at radius 1 is 1.47 bits per heavy atom. The highest BCUT2D eigenvalue weighted by atomic mass is 32.1. The van der Waals surface area contributed by atoms with E-state index in [9.17, 15) is 4.79 Å². The van der Waals surface area contributed by atoms with Crippen LogP contribution in [0.5, 0.6) is 5.75 Å². The Balaban J connectivity index is 3.04. The molecule has 4 heteroatoms. The van der Waals surface area contributed by atoms with Crippen molar-refractivity contribution in [3.05, 3.63) is 29.8 Å². The summed E-state index contributed by atoms with van der Waals surface area (Å²) in [5, 5.41) is 2.28. The molecule has 0 spiro atoms. The van der Waals surface area contributed by atoms with Crippen molar-refractivity contribution in [3.8, 4) is 5.75 Å². The van der Waals surface area contributed by atoms with Gasteiger partial charge >= 0.3 is 0 Å². The first-order valence-corrected chi connectivity index (χ1v) is 5.76. The van der Waals surface area contributed by atoms with Crippen LogP contribution in [-0.4, -0.2) is 24.1 Å². The Hall–Kier alpha value is -1.51. The molecule has 0 aliphatic heterocycles. The van der Waals surface area contributed by atoms with Crippen LogP contribution in [0.2, 0.25) is 0 Å². The number of methoxy groups -OCH3 is 1. The molecule has 0 bridgehead atoms. The van der Waals surface area contributed by atoms with Crippen LogP contribution in [0.4, 0.5) is 0 Å². The summed E-state index contributed by atoms with van der Waals surface area (Å²) in [6.45, 7) is 3.86. The zero-order valence-corrected chi connectivity index (χ0v) is 11.0. The molecule has 0 aliphatic rings. The fraction of sp³-hybridized carbons (Fsp3) is 0.385. The van der Waals surface area contributed by atoms with Crippen LogP contribution in [-0.2, 0) is 0 Å². The highest BCUT2D eigenvalue weighted by Crippen LogP contribution is 2.18.